The molecule has 0 aliphatic carbocycles. The second kappa shape index (κ2) is 5.16. The molecule has 64 valence electrons. The molecule has 0 aliphatic rings. The molecule has 6 heteroatoms. The van der Waals surface area contributed by atoms with Crippen molar-refractivity contribution in [1.82, 2.24) is 8.85 Å². The van der Waals surface area contributed by atoms with Crippen LogP contribution in [0.5, 0.6) is 0 Å². The van der Waals surface area contributed by atoms with Crippen molar-refractivity contribution in [2.24, 2.45) is 0 Å². The normalized spacial score (nSPS) is 11.5. The predicted molar refractivity (Wildman–Crippen MR) is 47.2 cm³/mol. The van der Waals surface area contributed by atoms with Gasteiger partial charge in [-0.2, -0.15) is 0 Å². The number of urea groups is 1. The van der Waals surface area contributed by atoms with E-state index in [0.29, 0.717) is 0 Å². The first-order chi connectivity index (χ1) is 5.11. The van der Waals surface area contributed by atoms with Crippen LogP contribution in [0.1, 0.15) is 6.92 Å². The summed E-state index contributed by atoms with van der Waals surface area (Å²) in [5, 5.41) is 2.35. The average Bonchev–Trinajstić information content (AvgIpc) is 2.02. The second-order valence-electron chi connectivity index (χ2n) is 1.81. The fourth-order valence-corrected chi connectivity index (χ4v) is 0.615. The number of nitrogens with one attached hydrogen (secondary N) is 2. The van der Waals surface area contributed by atoms with Crippen molar-refractivity contribution in [2.75, 3.05) is 7.11 Å². The zero-order valence-electron chi connectivity index (χ0n) is 6.18. The SMILES string of the molecule is COC(=O)C(C)NC(=O)NI. The Balaban J connectivity index is 3.77. The van der Waals surface area contributed by atoms with Crippen LogP contribution in [-0.2, 0) is 9.53 Å². The molecule has 0 bridgehead atoms. The summed E-state index contributed by atoms with van der Waals surface area (Å²) in [5.74, 6) is -0.468. The summed E-state index contributed by atoms with van der Waals surface area (Å²) in [6.45, 7) is 1.54. The van der Waals surface area contributed by atoms with Crippen molar-refractivity contribution in [2.45, 2.75) is 13.0 Å². The summed E-state index contributed by atoms with van der Waals surface area (Å²) in [5.41, 5.74) is 0. The van der Waals surface area contributed by atoms with Gasteiger partial charge < -0.3 is 10.1 Å². The predicted octanol–water partition coefficient (Wildman–Crippen LogP) is 0.197. The van der Waals surface area contributed by atoms with E-state index < -0.39 is 18.0 Å². The fourth-order valence-electron chi connectivity index (χ4n) is 0.460. The molecule has 0 heterocycles. The quantitative estimate of drug-likeness (QED) is 0.428. The summed E-state index contributed by atoms with van der Waals surface area (Å²) in [7, 11) is 1.27. The molecule has 0 radical (unpaired) electrons. The number of hydrogen-bond acceptors (Lipinski definition) is 3. The number of amides is 2. The molecule has 0 rings (SSSR count). The first kappa shape index (κ1) is 10.5. The zero-order valence-corrected chi connectivity index (χ0v) is 8.34. The van der Waals surface area contributed by atoms with Crippen LogP contribution in [0, 0.1) is 0 Å². The molecule has 0 aromatic carbocycles. The largest absolute Gasteiger partial charge is 0.467 e. The lowest BCUT2D eigenvalue weighted by atomic mass is 10.3. The lowest BCUT2D eigenvalue weighted by Gasteiger charge is -2.09. The second-order valence-corrected chi connectivity index (χ2v) is 2.35. The van der Waals surface area contributed by atoms with Crippen LogP contribution in [0.15, 0.2) is 0 Å². The van der Waals surface area contributed by atoms with Crippen molar-refractivity contribution in [3.05, 3.63) is 0 Å². The fraction of sp³-hybridized carbons (Fsp3) is 0.600. The van der Waals surface area contributed by atoms with Crippen LogP contribution in [-0.4, -0.2) is 25.2 Å². The van der Waals surface area contributed by atoms with E-state index in [2.05, 4.69) is 13.6 Å². The molecule has 0 aromatic heterocycles. The van der Waals surface area contributed by atoms with Gasteiger partial charge in [-0.05, 0) is 6.92 Å². The lowest BCUT2D eigenvalue weighted by Crippen LogP contribution is -2.41. The van der Waals surface area contributed by atoms with Gasteiger partial charge in [0.15, 0.2) is 0 Å². The summed E-state index contributed by atoms with van der Waals surface area (Å²) in [6, 6.07) is -1.03. The van der Waals surface area contributed by atoms with Crippen molar-refractivity contribution in [3.63, 3.8) is 0 Å². The van der Waals surface area contributed by atoms with E-state index in [0.717, 1.165) is 0 Å². The van der Waals surface area contributed by atoms with Gasteiger partial charge in [0.1, 0.15) is 6.04 Å². The number of esters is 1. The van der Waals surface area contributed by atoms with Gasteiger partial charge in [-0.3, -0.25) is 3.53 Å². The molecular weight excluding hydrogens is 263 g/mol. The number of rotatable bonds is 2. The maximum absolute atomic E-state index is 10.7. The Labute approximate surface area is 78.4 Å². The standard InChI is InChI=1S/C5H9IN2O3/c1-3(4(9)11-2)7-5(10)8-6/h3H,1-2H3,(H2,7,8,10). The number of methoxy groups -OCH3 is 1. The minimum atomic E-state index is -0.616. The van der Waals surface area contributed by atoms with Crippen LogP contribution in [0.25, 0.3) is 0 Å². The number of hydrogen-bond donors (Lipinski definition) is 2. The van der Waals surface area contributed by atoms with Crippen molar-refractivity contribution in [1.29, 1.82) is 0 Å². The summed E-state index contributed by atoms with van der Waals surface area (Å²) in [6.07, 6.45) is 0. The number of carbonyl (C=O) groups excluding carboxylic acids is 2. The molecule has 0 fully saturated rings. The Morgan fingerprint density at radius 2 is 2.09 bits per heavy atom. The van der Waals surface area contributed by atoms with Gasteiger partial charge >= 0.3 is 12.0 Å². The molecule has 0 aliphatic heterocycles. The van der Waals surface area contributed by atoms with Gasteiger partial charge in [0.25, 0.3) is 0 Å². The minimum absolute atomic E-state index is 0.413. The Bertz CT molecular complexity index is 162. The molecule has 0 saturated carbocycles. The van der Waals surface area contributed by atoms with E-state index in [9.17, 15) is 9.59 Å². The number of ether oxygens (including phenoxy) is 1. The first-order valence-electron chi connectivity index (χ1n) is 2.86. The van der Waals surface area contributed by atoms with Crippen LogP contribution in [0.2, 0.25) is 0 Å². The van der Waals surface area contributed by atoms with Crippen molar-refractivity contribution >= 4 is 34.9 Å². The van der Waals surface area contributed by atoms with Gasteiger partial charge in [-0.1, -0.05) is 0 Å². The van der Waals surface area contributed by atoms with Crippen LogP contribution in [0.3, 0.4) is 0 Å². The third-order valence-electron chi connectivity index (χ3n) is 0.988. The van der Waals surface area contributed by atoms with E-state index in [1.807, 2.05) is 0 Å². The molecule has 0 saturated heterocycles. The molecular formula is C5H9IN2O3. The molecule has 1 unspecified atom stereocenters. The van der Waals surface area contributed by atoms with E-state index in [4.69, 9.17) is 0 Å². The van der Waals surface area contributed by atoms with E-state index >= 15 is 0 Å². The third kappa shape index (κ3) is 4.02. The van der Waals surface area contributed by atoms with Crippen LogP contribution < -0.4 is 8.85 Å². The highest BCUT2D eigenvalue weighted by Gasteiger charge is 2.14. The Morgan fingerprint density at radius 1 is 1.55 bits per heavy atom. The highest BCUT2D eigenvalue weighted by Crippen LogP contribution is 1.85. The van der Waals surface area contributed by atoms with Gasteiger partial charge in [0.2, 0.25) is 0 Å². The average molecular weight is 272 g/mol. The zero-order chi connectivity index (χ0) is 8.85. The van der Waals surface area contributed by atoms with Gasteiger partial charge in [0, 0.05) is 0 Å². The maximum atomic E-state index is 10.7. The number of carbonyl (C=O) groups is 2. The Hall–Kier alpha value is -0.530. The summed E-state index contributed by atoms with van der Waals surface area (Å²) >= 11 is 1.67. The molecule has 0 aromatic rings. The maximum Gasteiger partial charge on any atom is 0.328 e. The molecule has 11 heavy (non-hydrogen) atoms. The topological polar surface area (TPSA) is 67.4 Å². The van der Waals surface area contributed by atoms with Crippen LogP contribution >= 0.6 is 22.9 Å². The molecule has 2 N–H and O–H groups in total. The Kier molecular flexibility index (Phi) is 4.92. The lowest BCUT2D eigenvalue weighted by molar-refractivity contribution is -0.142. The van der Waals surface area contributed by atoms with Gasteiger partial charge in [0.05, 0.1) is 30.0 Å². The van der Waals surface area contributed by atoms with Gasteiger partial charge in [-0.25, -0.2) is 9.59 Å². The molecule has 0 spiro atoms. The number of halogens is 1. The highest BCUT2D eigenvalue weighted by molar-refractivity contribution is 14.1. The van der Waals surface area contributed by atoms with E-state index in [1.165, 1.54) is 14.0 Å². The molecule has 2 amide bonds. The first-order valence-corrected chi connectivity index (χ1v) is 3.94. The summed E-state index contributed by atoms with van der Waals surface area (Å²) < 4.78 is 6.66. The van der Waals surface area contributed by atoms with E-state index in [1.54, 1.807) is 22.9 Å². The van der Waals surface area contributed by atoms with Gasteiger partial charge in [-0.15, -0.1) is 0 Å². The molecule has 1 atom stereocenters. The third-order valence-corrected chi connectivity index (χ3v) is 1.48. The van der Waals surface area contributed by atoms with E-state index in [-0.39, 0.29) is 0 Å². The van der Waals surface area contributed by atoms with Crippen LogP contribution in [0.4, 0.5) is 4.79 Å². The molecule has 5 nitrogen and oxygen atoms in total. The summed E-state index contributed by atoms with van der Waals surface area (Å²) in [4.78, 5) is 21.3. The van der Waals surface area contributed by atoms with Crippen molar-refractivity contribution in [3.8, 4) is 0 Å². The van der Waals surface area contributed by atoms with Crippen molar-refractivity contribution < 1.29 is 14.3 Å². The monoisotopic (exact) mass is 272 g/mol. The Morgan fingerprint density at radius 3 is 2.45 bits per heavy atom. The smallest absolute Gasteiger partial charge is 0.328 e. The highest BCUT2D eigenvalue weighted by atomic mass is 127. The minimum Gasteiger partial charge on any atom is -0.467 e.